The van der Waals surface area contributed by atoms with Gasteiger partial charge < -0.3 is 0 Å². The standard InChI is InChI=1S/C11H12ClFO/c1-3-7(2)11(14)8-4-5-10(13)9(12)6-8/h4-7H,3H2,1-2H3. The quantitative estimate of drug-likeness (QED) is 0.701. The summed E-state index contributed by atoms with van der Waals surface area (Å²) in [4.78, 5) is 11.7. The predicted octanol–water partition coefficient (Wildman–Crippen LogP) is 3.71. The Hall–Kier alpha value is -0.890. The molecule has 0 N–H and O–H groups in total. The van der Waals surface area contributed by atoms with Gasteiger partial charge in [-0.25, -0.2) is 4.39 Å². The van der Waals surface area contributed by atoms with Crippen molar-refractivity contribution < 1.29 is 9.18 Å². The molecule has 0 spiro atoms. The van der Waals surface area contributed by atoms with Gasteiger partial charge in [0.1, 0.15) is 5.82 Å². The van der Waals surface area contributed by atoms with Gasteiger partial charge in [-0.1, -0.05) is 25.4 Å². The number of benzene rings is 1. The second-order valence-corrected chi connectivity index (χ2v) is 3.71. The van der Waals surface area contributed by atoms with Gasteiger partial charge in [-0.05, 0) is 24.6 Å². The molecule has 0 aliphatic rings. The molecule has 0 heterocycles. The van der Waals surface area contributed by atoms with Crippen LogP contribution in [-0.2, 0) is 0 Å². The lowest BCUT2D eigenvalue weighted by Crippen LogP contribution is -2.10. The van der Waals surface area contributed by atoms with Gasteiger partial charge in [0.15, 0.2) is 5.78 Å². The van der Waals surface area contributed by atoms with Crippen molar-refractivity contribution in [2.24, 2.45) is 5.92 Å². The van der Waals surface area contributed by atoms with Gasteiger partial charge in [0.2, 0.25) is 0 Å². The summed E-state index contributed by atoms with van der Waals surface area (Å²) in [5.74, 6) is -0.529. The largest absolute Gasteiger partial charge is 0.294 e. The molecule has 0 aliphatic carbocycles. The van der Waals surface area contributed by atoms with Crippen LogP contribution >= 0.6 is 11.6 Å². The zero-order chi connectivity index (χ0) is 10.7. The lowest BCUT2D eigenvalue weighted by molar-refractivity contribution is 0.0927. The minimum Gasteiger partial charge on any atom is -0.294 e. The van der Waals surface area contributed by atoms with E-state index in [0.29, 0.717) is 5.56 Å². The number of carbonyl (C=O) groups excluding carboxylic acids is 1. The summed E-state index contributed by atoms with van der Waals surface area (Å²) in [7, 11) is 0. The Morgan fingerprint density at radius 2 is 2.21 bits per heavy atom. The minimum atomic E-state index is -0.493. The fraction of sp³-hybridized carbons (Fsp3) is 0.364. The summed E-state index contributed by atoms with van der Waals surface area (Å²) in [6.45, 7) is 3.79. The minimum absolute atomic E-state index is 0.000784. The van der Waals surface area contributed by atoms with Gasteiger partial charge >= 0.3 is 0 Å². The van der Waals surface area contributed by atoms with Crippen LogP contribution in [0.15, 0.2) is 18.2 Å². The van der Waals surface area contributed by atoms with Crippen LogP contribution < -0.4 is 0 Å². The summed E-state index contributed by atoms with van der Waals surface area (Å²) in [6, 6.07) is 4.07. The van der Waals surface area contributed by atoms with Crippen molar-refractivity contribution in [2.75, 3.05) is 0 Å². The molecule has 3 heteroatoms. The van der Waals surface area contributed by atoms with E-state index >= 15 is 0 Å². The first-order valence-corrected chi connectivity index (χ1v) is 4.93. The van der Waals surface area contributed by atoms with Crippen molar-refractivity contribution in [3.05, 3.63) is 34.6 Å². The lowest BCUT2D eigenvalue weighted by atomic mass is 9.97. The summed E-state index contributed by atoms with van der Waals surface area (Å²) >= 11 is 5.58. The average Bonchev–Trinajstić information content (AvgIpc) is 2.20. The molecule has 0 aromatic heterocycles. The van der Waals surface area contributed by atoms with Crippen LogP contribution in [0.5, 0.6) is 0 Å². The highest BCUT2D eigenvalue weighted by molar-refractivity contribution is 6.31. The van der Waals surface area contributed by atoms with Crippen molar-refractivity contribution in [2.45, 2.75) is 20.3 Å². The maximum Gasteiger partial charge on any atom is 0.165 e. The molecule has 14 heavy (non-hydrogen) atoms. The monoisotopic (exact) mass is 214 g/mol. The van der Waals surface area contributed by atoms with Gasteiger partial charge in [0.05, 0.1) is 5.02 Å². The van der Waals surface area contributed by atoms with Gasteiger partial charge in [0.25, 0.3) is 0 Å². The van der Waals surface area contributed by atoms with Gasteiger partial charge in [-0.2, -0.15) is 0 Å². The summed E-state index contributed by atoms with van der Waals surface area (Å²) in [5, 5.41) is -0.000784. The van der Waals surface area contributed by atoms with Crippen LogP contribution in [-0.4, -0.2) is 5.78 Å². The highest BCUT2D eigenvalue weighted by Crippen LogP contribution is 2.19. The number of rotatable bonds is 3. The Labute approximate surface area is 87.9 Å². The van der Waals surface area contributed by atoms with Gasteiger partial charge in [-0.15, -0.1) is 0 Å². The molecular weight excluding hydrogens is 203 g/mol. The van der Waals surface area contributed by atoms with E-state index in [1.54, 1.807) is 0 Å². The Morgan fingerprint density at radius 3 is 2.71 bits per heavy atom. The number of halogens is 2. The molecule has 0 aliphatic heterocycles. The van der Waals surface area contributed by atoms with E-state index in [9.17, 15) is 9.18 Å². The average molecular weight is 215 g/mol. The van der Waals surface area contributed by atoms with E-state index in [1.807, 2.05) is 13.8 Å². The molecule has 0 saturated heterocycles. The first-order chi connectivity index (χ1) is 6.56. The number of carbonyl (C=O) groups is 1. The van der Waals surface area contributed by atoms with Gasteiger partial charge in [0, 0.05) is 11.5 Å². The molecule has 1 rings (SSSR count). The van der Waals surface area contributed by atoms with Crippen LogP contribution in [0.4, 0.5) is 4.39 Å². The van der Waals surface area contributed by atoms with E-state index < -0.39 is 5.82 Å². The number of hydrogen-bond donors (Lipinski definition) is 0. The molecule has 0 saturated carbocycles. The number of Topliss-reactive ketones (excluding diaryl/α,β-unsaturated/α-hetero) is 1. The van der Waals surface area contributed by atoms with Gasteiger partial charge in [-0.3, -0.25) is 4.79 Å². The van der Waals surface area contributed by atoms with E-state index in [0.717, 1.165) is 6.42 Å². The summed E-state index contributed by atoms with van der Waals surface area (Å²) in [6.07, 6.45) is 0.772. The maximum atomic E-state index is 12.8. The zero-order valence-electron chi connectivity index (χ0n) is 8.18. The molecule has 0 bridgehead atoms. The first-order valence-electron chi connectivity index (χ1n) is 4.55. The van der Waals surface area contributed by atoms with Crippen molar-refractivity contribution in [1.29, 1.82) is 0 Å². The fourth-order valence-corrected chi connectivity index (χ4v) is 1.30. The molecule has 0 amide bonds. The zero-order valence-corrected chi connectivity index (χ0v) is 8.94. The molecule has 1 nitrogen and oxygen atoms in total. The van der Waals surface area contributed by atoms with Crippen LogP contribution in [0.3, 0.4) is 0 Å². The topological polar surface area (TPSA) is 17.1 Å². The maximum absolute atomic E-state index is 12.8. The molecule has 1 aromatic carbocycles. The van der Waals surface area contributed by atoms with E-state index in [1.165, 1.54) is 18.2 Å². The molecule has 1 atom stereocenters. The Bertz CT molecular complexity index is 349. The third-order valence-corrected chi connectivity index (χ3v) is 2.55. The van der Waals surface area contributed by atoms with Crippen LogP contribution in [0.1, 0.15) is 30.6 Å². The summed E-state index contributed by atoms with van der Waals surface area (Å²) < 4.78 is 12.8. The highest BCUT2D eigenvalue weighted by Gasteiger charge is 2.14. The van der Waals surface area contributed by atoms with Crippen LogP contribution in [0.2, 0.25) is 5.02 Å². The molecule has 0 fully saturated rings. The third-order valence-electron chi connectivity index (χ3n) is 2.26. The van der Waals surface area contributed by atoms with Crippen molar-refractivity contribution >= 4 is 17.4 Å². The first kappa shape index (κ1) is 11.2. The van der Waals surface area contributed by atoms with Crippen molar-refractivity contribution in [3.8, 4) is 0 Å². The fourth-order valence-electron chi connectivity index (χ4n) is 1.12. The second-order valence-electron chi connectivity index (χ2n) is 3.30. The van der Waals surface area contributed by atoms with Crippen LogP contribution in [0, 0.1) is 11.7 Å². The SMILES string of the molecule is CCC(C)C(=O)c1ccc(F)c(Cl)c1. The molecular formula is C11H12ClFO. The predicted molar refractivity (Wildman–Crippen MR) is 55.2 cm³/mol. The Balaban J connectivity index is 2.97. The second kappa shape index (κ2) is 4.56. The van der Waals surface area contributed by atoms with Crippen LogP contribution in [0.25, 0.3) is 0 Å². The molecule has 1 aromatic rings. The Kier molecular flexibility index (Phi) is 3.64. The lowest BCUT2D eigenvalue weighted by Gasteiger charge is -2.07. The smallest absolute Gasteiger partial charge is 0.165 e. The van der Waals surface area contributed by atoms with Crippen molar-refractivity contribution in [1.82, 2.24) is 0 Å². The molecule has 0 radical (unpaired) electrons. The molecule has 1 unspecified atom stereocenters. The Morgan fingerprint density at radius 1 is 1.57 bits per heavy atom. The normalized spacial score (nSPS) is 12.6. The molecule has 76 valence electrons. The highest BCUT2D eigenvalue weighted by atomic mass is 35.5. The van der Waals surface area contributed by atoms with E-state index in [2.05, 4.69) is 0 Å². The number of ketones is 1. The number of hydrogen-bond acceptors (Lipinski definition) is 1. The van der Waals surface area contributed by atoms with E-state index in [-0.39, 0.29) is 16.7 Å². The summed E-state index contributed by atoms with van der Waals surface area (Å²) in [5.41, 5.74) is 0.478. The van der Waals surface area contributed by atoms with Crippen molar-refractivity contribution in [3.63, 3.8) is 0 Å². The van der Waals surface area contributed by atoms with E-state index in [4.69, 9.17) is 11.6 Å². The third kappa shape index (κ3) is 2.32.